The molecule has 1 N–H and O–H groups in total. The average Bonchev–Trinajstić information content (AvgIpc) is 2.49. The third-order valence-corrected chi connectivity index (χ3v) is 4.06. The highest BCUT2D eigenvalue weighted by Crippen LogP contribution is 2.13. The smallest absolute Gasteiger partial charge is 0.165 e. The van der Waals surface area contributed by atoms with Crippen molar-refractivity contribution in [1.82, 2.24) is 0 Å². The third-order valence-electron chi connectivity index (χ3n) is 4.06. The van der Waals surface area contributed by atoms with E-state index in [2.05, 4.69) is 13.8 Å². The van der Waals surface area contributed by atoms with Crippen LogP contribution in [0.25, 0.3) is 0 Å². The van der Waals surface area contributed by atoms with E-state index in [0.717, 1.165) is 32.1 Å². The Morgan fingerprint density at radius 3 is 1.81 bits per heavy atom. The second kappa shape index (κ2) is 16.0. The minimum Gasteiger partial charge on any atom is -0.385 e. The van der Waals surface area contributed by atoms with Crippen LogP contribution >= 0.6 is 0 Å². The Kier molecular flexibility index (Phi) is 15.7. The summed E-state index contributed by atoms with van der Waals surface area (Å²) in [6.45, 7) is 4.36. The van der Waals surface area contributed by atoms with Gasteiger partial charge >= 0.3 is 0 Å². The van der Waals surface area contributed by atoms with Gasteiger partial charge in [-0.25, -0.2) is 0 Å². The molecule has 2 nitrogen and oxygen atoms in total. The summed E-state index contributed by atoms with van der Waals surface area (Å²) >= 11 is 0. The third kappa shape index (κ3) is 14.3. The minimum absolute atomic E-state index is 0.0700. The van der Waals surface area contributed by atoms with E-state index in [1.807, 2.05) is 0 Å². The predicted molar refractivity (Wildman–Crippen MR) is 91.3 cm³/mol. The van der Waals surface area contributed by atoms with Gasteiger partial charge in [0.2, 0.25) is 0 Å². The maximum absolute atomic E-state index is 11.6. The van der Waals surface area contributed by atoms with Gasteiger partial charge in [-0.15, -0.1) is 0 Å². The van der Waals surface area contributed by atoms with E-state index in [9.17, 15) is 9.90 Å². The molecule has 0 spiro atoms. The molecule has 0 aromatic rings. The van der Waals surface area contributed by atoms with E-state index in [1.54, 1.807) is 6.42 Å². The van der Waals surface area contributed by atoms with Crippen molar-refractivity contribution < 1.29 is 9.90 Å². The zero-order valence-electron chi connectivity index (χ0n) is 14.4. The first-order valence-electron chi connectivity index (χ1n) is 9.27. The SMILES string of the molecule is CCCC[CH]C(=O)C(O)CCCCCCCCCCCC. The molecule has 2 heteroatoms. The summed E-state index contributed by atoms with van der Waals surface area (Å²) in [4.78, 5) is 11.6. The van der Waals surface area contributed by atoms with Gasteiger partial charge in [0, 0.05) is 6.42 Å². The van der Waals surface area contributed by atoms with Crippen LogP contribution in [0.1, 0.15) is 104 Å². The largest absolute Gasteiger partial charge is 0.385 e. The van der Waals surface area contributed by atoms with Crippen molar-refractivity contribution in [1.29, 1.82) is 0 Å². The van der Waals surface area contributed by atoms with Crippen molar-refractivity contribution in [2.24, 2.45) is 0 Å². The number of rotatable bonds is 16. The lowest BCUT2D eigenvalue weighted by Gasteiger charge is -2.09. The van der Waals surface area contributed by atoms with Gasteiger partial charge in [-0.2, -0.15) is 0 Å². The second-order valence-electron chi connectivity index (χ2n) is 6.24. The molecule has 0 fully saturated rings. The summed E-state index contributed by atoms with van der Waals surface area (Å²) < 4.78 is 0. The van der Waals surface area contributed by atoms with Crippen LogP contribution in [-0.2, 0) is 4.79 Å². The van der Waals surface area contributed by atoms with Crippen LogP contribution in [0.2, 0.25) is 0 Å². The molecule has 125 valence electrons. The molecule has 21 heavy (non-hydrogen) atoms. The van der Waals surface area contributed by atoms with Crippen molar-refractivity contribution in [3.05, 3.63) is 6.42 Å². The van der Waals surface area contributed by atoms with Crippen molar-refractivity contribution in [3.8, 4) is 0 Å². The Labute approximate surface area is 132 Å². The summed E-state index contributed by atoms with van der Waals surface area (Å²) in [6, 6.07) is 0. The molecule has 1 unspecified atom stereocenters. The highest BCUT2D eigenvalue weighted by atomic mass is 16.3. The first kappa shape index (κ1) is 20.6. The molecular formula is C19H37O2. The van der Waals surface area contributed by atoms with Crippen LogP contribution in [-0.4, -0.2) is 17.0 Å². The number of ketones is 1. The van der Waals surface area contributed by atoms with Crippen molar-refractivity contribution in [2.45, 2.75) is 110 Å². The Morgan fingerprint density at radius 2 is 1.29 bits per heavy atom. The molecule has 0 aliphatic heterocycles. The number of aliphatic hydroxyl groups excluding tert-OH is 1. The van der Waals surface area contributed by atoms with E-state index in [-0.39, 0.29) is 5.78 Å². The maximum Gasteiger partial charge on any atom is 0.165 e. The predicted octanol–water partition coefficient (Wildman–Crippen LogP) is 5.62. The van der Waals surface area contributed by atoms with Crippen LogP contribution in [0.3, 0.4) is 0 Å². The van der Waals surface area contributed by atoms with Crippen molar-refractivity contribution in [2.75, 3.05) is 0 Å². The Bertz CT molecular complexity index is 226. The molecule has 0 saturated heterocycles. The van der Waals surface area contributed by atoms with Gasteiger partial charge in [0.25, 0.3) is 0 Å². The normalized spacial score (nSPS) is 12.5. The molecule has 1 radical (unpaired) electrons. The second-order valence-corrected chi connectivity index (χ2v) is 6.24. The molecule has 0 aliphatic carbocycles. The molecule has 0 bridgehead atoms. The van der Waals surface area contributed by atoms with Crippen LogP contribution in [0, 0.1) is 6.42 Å². The molecule has 0 aromatic heterocycles. The minimum atomic E-state index is -0.754. The Balaban J connectivity index is 3.28. The van der Waals surface area contributed by atoms with Crippen LogP contribution < -0.4 is 0 Å². The van der Waals surface area contributed by atoms with Crippen molar-refractivity contribution in [3.63, 3.8) is 0 Å². The van der Waals surface area contributed by atoms with Gasteiger partial charge in [0.15, 0.2) is 5.78 Å². The summed E-state index contributed by atoms with van der Waals surface area (Å²) in [5, 5.41) is 9.76. The molecule has 0 saturated carbocycles. The van der Waals surface area contributed by atoms with Crippen LogP contribution in [0.5, 0.6) is 0 Å². The fourth-order valence-corrected chi connectivity index (χ4v) is 2.55. The fraction of sp³-hybridized carbons (Fsp3) is 0.895. The Hall–Kier alpha value is -0.370. The first-order chi connectivity index (χ1) is 10.2. The molecule has 0 amide bonds. The molecule has 0 rings (SSSR count). The van der Waals surface area contributed by atoms with Gasteiger partial charge in [-0.3, -0.25) is 4.79 Å². The number of aliphatic hydroxyl groups is 1. The summed E-state index contributed by atoms with van der Waals surface area (Å²) in [7, 11) is 0. The molecule has 0 aromatic carbocycles. The molecule has 1 atom stereocenters. The number of hydrogen-bond acceptors (Lipinski definition) is 2. The molecule has 0 heterocycles. The van der Waals surface area contributed by atoms with Crippen molar-refractivity contribution >= 4 is 5.78 Å². The molecule has 0 aliphatic rings. The highest BCUT2D eigenvalue weighted by Gasteiger charge is 2.13. The number of hydrogen-bond donors (Lipinski definition) is 1. The lowest BCUT2D eigenvalue weighted by atomic mass is 10.0. The summed E-state index contributed by atoms with van der Waals surface area (Å²) in [5.74, 6) is -0.0700. The fourth-order valence-electron chi connectivity index (χ4n) is 2.55. The lowest BCUT2D eigenvalue weighted by molar-refractivity contribution is -0.124. The van der Waals surface area contributed by atoms with Gasteiger partial charge in [-0.1, -0.05) is 90.9 Å². The van der Waals surface area contributed by atoms with E-state index in [0.29, 0.717) is 6.42 Å². The number of unbranched alkanes of at least 4 members (excludes halogenated alkanes) is 11. The zero-order chi connectivity index (χ0) is 15.8. The van der Waals surface area contributed by atoms with E-state index in [4.69, 9.17) is 0 Å². The molecular weight excluding hydrogens is 260 g/mol. The number of carbonyl (C=O) groups is 1. The first-order valence-corrected chi connectivity index (χ1v) is 9.27. The number of carbonyl (C=O) groups excluding carboxylic acids is 1. The number of Topliss-reactive ketones (excluding diaryl/α,β-unsaturated/α-hetero) is 1. The van der Waals surface area contributed by atoms with Gasteiger partial charge < -0.3 is 5.11 Å². The quantitative estimate of drug-likeness (QED) is 0.375. The highest BCUT2D eigenvalue weighted by molar-refractivity contribution is 5.90. The standard InChI is InChI=1S/C19H37O2/c1-3-5-7-8-9-10-11-12-13-15-17-19(21)18(20)16-14-6-4-2/h16,19,21H,3-15,17H2,1-2H3. The van der Waals surface area contributed by atoms with E-state index < -0.39 is 6.10 Å². The zero-order valence-corrected chi connectivity index (χ0v) is 14.4. The monoisotopic (exact) mass is 297 g/mol. The van der Waals surface area contributed by atoms with Gasteiger partial charge in [0.05, 0.1) is 0 Å². The average molecular weight is 298 g/mol. The van der Waals surface area contributed by atoms with Crippen LogP contribution in [0.15, 0.2) is 0 Å². The summed E-state index contributed by atoms with van der Waals surface area (Å²) in [5.41, 5.74) is 0. The summed E-state index contributed by atoms with van der Waals surface area (Å²) in [6.07, 6.45) is 17.3. The topological polar surface area (TPSA) is 37.3 Å². The van der Waals surface area contributed by atoms with Gasteiger partial charge in [-0.05, 0) is 12.8 Å². The lowest BCUT2D eigenvalue weighted by Crippen LogP contribution is -2.20. The van der Waals surface area contributed by atoms with E-state index >= 15 is 0 Å². The van der Waals surface area contributed by atoms with E-state index in [1.165, 1.54) is 51.4 Å². The van der Waals surface area contributed by atoms with Gasteiger partial charge in [0.1, 0.15) is 6.10 Å². The Morgan fingerprint density at radius 1 is 0.810 bits per heavy atom. The maximum atomic E-state index is 11.6. The van der Waals surface area contributed by atoms with Crippen LogP contribution in [0.4, 0.5) is 0 Å².